The van der Waals surface area contributed by atoms with Gasteiger partial charge in [-0.1, -0.05) is 0 Å². The molecule has 0 aliphatic rings. The third kappa shape index (κ3) is 4.02. The fourth-order valence-corrected chi connectivity index (χ4v) is 2.44. The largest absolute Gasteiger partial charge is 0.385 e. The normalized spacial score (nSPS) is 12.2. The molecule has 0 saturated carbocycles. The van der Waals surface area contributed by atoms with Crippen molar-refractivity contribution in [1.29, 1.82) is 0 Å². The Labute approximate surface area is 144 Å². The van der Waals surface area contributed by atoms with Gasteiger partial charge in [0.2, 0.25) is 0 Å². The van der Waals surface area contributed by atoms with E-state index in [0.29, 0.717) is 19.0 Å². The lowest BCUT2D eigenvalue weighted by Gasteiger charge is -2.16. The molecule has 0 aliphatic carbocycles. The van der Waals surface area contributed by atoms with Gasteiger partial charge in [-0.2, -0.15) is 0 Å². The van der Waals surface area contributed by atoms with E-state index in [0.717, 1.165) is 21.6 Å². The molecule has 0 aliphatic heterocycles. The topological polar surface area (TPSA) is 113 Å². The van der Waals surface area contributed by atoms with Crippen molar-refractivity contribution < 1.29 is 9.53 Å². The van der Waals surface area contributed by atoms with Crippen molar-refractivity contribution in [3.05, 3.63) is 44.8 Å². The molecule has 0 bridgehead atoms. The zero-order valence-electron chi connectivity index (χ0n) is 14.7. The smallest absolute Gasteiger partial charge is 0.331 e. The summed E-state index contributed by atoms with van der Waals surface area (Å²) in [4.78, 5) is 36.2. The molecule has 0 radical (unpaired) electrons. The van der Waals surface area contributed by atoms with E-state index in [1.807, 2.05) is 4.57 Å². The van der Waals surface area contributed by atoms with Crippen LogP contribution in [0.4, 0.5) is 0 Å². The first-order valence-corrected chi connectivity index (χ1v) is 7.81. The van der Waals surface area contributed by atoms with E-state index < -0.39 is 23.2 Å². The first-order valence-electron chi connectivity index (χ1n) is 7.81. The van der Waals surface area contributed by atoms with Crippen LogP contribution in [-0.4, -0.2) is 43.5 Å². The quantitative estimate of drug-likeness (QED) is 0.654. The zero-order chi connectivity index (χ0) is 18.6. The summed E-state index contributed by atoms with van der Waals surface area (Å²) < 4.78 is 8.92. The van der Waals surface area contributed by atoms with Gasteiger partial charge >= 0.3 is 5.69 Å². The Morgan fingerprint density at radius 3 is 2.72 bits per heavy atom. The predicted octanol–water partition coefficient (Wildman–Crippen LogP) is -0.797. The number of hydrogen-bond acceptors (Lipinski definition) is 6. The molecule has 0 unspecified atom stereocenters. The third-order valence-electron chi connectivity index (χ3n) is 3.89. The second-order valence-electron chi connectivity index (χ2n) is 5.69. The van der Waals surface area contributed by atoms with Crippen LogP contribution in [0.1, 0.15) is 35.7 Å². The Kier molecular flexibility index (Phi) is 5.86. The van der Waals surface area contributed by atoms with E-state index in [2.05, 4.69) is 15.5 Å². The van der Waals surface area contributed by atoms with Crippen LogP contribution >= 0.6 is 0 Å². The van der Waals surface area contributed by atoms with Crippen LogP contribution in [-0.2, 0) is 25.4 Å². The maximum atomic E-state index is 12.5. The Bertz CT molecular complexity index is 866. The van der Waals surface area contributed by atoms with Crippen molar-refractivity contribution in [2.45, 2.75) is 25.9 Å². The Hall–Kier alpha value is -2.75. The molecular formula is C15H22N6O4. The molecular weight excluding hydrogens is 328 g/mol. The van der Waals surface area contributed by atoms with Gasteiger partial charge in [0.15, 0.2) is 5.82 Å². The van der Waals surface area contributed by atoms with Gasteiger partial charge in [-0.15, -0.1) is 10.2 Å². The van der Waals surface area contributed by atoms with Gasteiger partial charge < -0.3 is 14.6 Å². The number of nitrogens with zero attached hydrogens (tertiary/aromatic N) is 5. The molecule has 136 valence electrons. The zero-order valence-corrected chi connectivity index (χ0v) is 14.7. The van der Waals surface area contributed by atoms with E-state index >= 15 is 0 Å². The molecule has 0 fully saturated rings. The van der Waals surface area contributed by atoms with Crippen LogP contribution in [0.3, 0.4) is 0 Å². The molecule has 2 rings (SSSR count). The lowest BCUT2D eigenvalue weighted by molar-refractivity contribution is 0.0927. The molecule has 2 aromatic rings. The maximum Gasteiger partial charge on any atom is 0.331 e. The van der Waals surface area contributed by atoms with Crippen molar-refractivity contribution in [1.82, 2.24) is 29.2 Å². The number of amides is 1. The highest BCUT2D eigenvalue weighted by Gasteiger charge is 2.19. The van der Waals surface area contributed by atoms with Crippen LogP contribution in [0.5, 0.6) is 0 Å². The molecule has 10 nitrogen and oxygen atoms in total. The number of methoxy groups -OCH3 is 1. The van der Waals surface area contributed by atoms with Crippen LogP contribution < -0.4 is 16.6 Å². The number of ether oxygens (including phenoxy) is 1. The van der Waals surface area contributed by atoms with Gasteiger partial charge in [0.25, 0.3) is 11.5 Å². The van der Waals surface area contributed by atoms with Gasteiger partial charge in [0, 0.05) is 40.4 Å². The van der Waals surface area contributed by atoms with Crippen LogP contribution in [0.2, 0.25) is 0 Å². The molecule has 10 heteroatoms. The number of nitrogens with one attached hydrogen (secondary N) is 1. The standard InChI is InChI=1S/C15H22N6O4/c1-10(13-18-16-9-21(13)6-5-7-25-4)17-14(23)11-8-12(22)20(3)15(24)19(11)2/h8-10H,5-7H2,1-4H3,(H,17,23)/t10-/m0/s1. The van der Waals surface area contributed by atoms with Crippen LogP contribution in [0, 0.1) is 0 Å². The van der Waals surface area contributed by atoms with Gasteiger partial charge in [0.1, 0.15) is 12.0 Å². The fourth-order valence-electron chi connectivity index (χ4n) is 2.44. The number of aryl methyl sites for hydroxylation is 1. The third-order valence-corrected chi connectivity index (χ3v) is 3.89. The molecule has 0 aromatic carbocycles. The molecule has 0 spiro atoms. The predicted molar refractivity (Wildman–Crippen MR) is 89.3 cm³/mol. The Morgan fingerprint density at radius 1 is 1.32 bits per heavy atom. The summed E-state index contributed by atoms with van der Waals surface area (Å²) in [5, 5.41) is 10.7. The maximum absolute atomic E-state index is 12.5. The van der Waals surface area contributed by atoms with Crippen LogP contribution in [0.15, 0.2) is 22.0 Å². The highest BCUT2D eigenvalue weighted by Crippen LogP contribution is 2.10. The number of carbonyl (C=O) groups is 1. The van der Waals surface area contributed by atoms with Crippen molar-refractivity contribution in [2.24, 2.45) is 14.1 Å². The Morgan fingerprint density at radius 2 is 2.04 bits per heavy atom. The molecule has 1 N–H and O–H groups in total. The minimum Gasteiger partial charge on any atom is -0.385 e. The minimum atomic E-state index is -0.562. The van der Waals surface area contributed by atoms with Crippen LogP contribution in [0.25, 0.3) is 0 Å². The lowest BCUT2D eigenvalue weighted by atomic mass is 10.2. The number of carbonyl (C=O) groups excluding carboxylic acids is 1. The van der Waals surface area contributed by atoms with E-state index in [4.69, 9.17) is 4.74 Å². The van der Waals surface area contributed by atoms with Crippen molar-refractivity contribution in [3.63, 3.8) is 0 Å². The molecule has 1 amide bonds. The van der Waals surface area contributed by atoms with Gasteiger partial charge in [-0.3, -0.25) is 18.7 Å². The van der Waals surface area contributed by atoms with Gasteiger partial charge in [-0.05, 0) is 13.3 Å². The fraction of sp³-hybridized carbons (Fsp3) is 0.533. The summed E-state index contributed by atoms with van der Waals surface area (Å²) in [6.07, 6.45) is 2.37. The minimum absolute atomic E-state index is 0.00889. The second-order valence-corrected chi connectivity index (χ2v) is 5.69. The summed E-state index contributed by atoms with van der Waals surface area (Å²) in [6.45, 7) is 3.02. The molecule has 2 aromatic heterocycles. The van der Waals surface area contributed by atoms with E-state index in [1.54, 1.807) is 20.4 Å². The average Bonchev–Trinajstić information content (AvgIpc) is 3.05. The second kappa shape index (κ2) is 7.88. The van der Waals surface area contributed by atoms with Crippen molar-refractivity contribution in [3.8, 4) is 0 Å². The van der Waals surface area contributed by atoms with Crippen molar-refractivity contribution in [2.75, 3.05) is 13.7 Å². The Balaban J connectivity index is 2.18. The SMILES string of the molecule is COCCCn1cnnc1[C@H](C)NC(=O)c1cc(=O)n(C)c(=O)n1C. The van der Waals surface area contributed by atoms with Crippen molar-refractivity contribution >= 4 is 5.91 Å². The number of aromatic nitrogens is 5. The van der Waals surface area contributed by atoms with Gasteiger partial charge in [-0.25, -0.2) is 4.79 Å². The van der Waals surface area contributed by atoms with E-state index in [1.165, 1.54) is 14.1 Å². The monoisotopic (exact) mass is 350 g/mol. The van der Waals surface area contributed by atoms with Gasteiger partial charge in [0.05, 0.1) is 6.04 Å². The number of hydrogen-bond donors (Lipinski definition) is 1. The summed E-state index contributed by atoms with van der Waals surface area (Å²) in [7, 11) is 4.43. The number of rotatable bonds is 7. The molecule has 1 atom stereocenters. The first kappa shape index (κ1) is 18.6. The van der Waals surface area contributed by atoms with E-state index in [-0.39, 0.29) is 5.69 Å². The first-order chi connectivity index (χ1) is 11.9. The highest BCUT2D eigenvalue weighted by atomic mass is 16.5. The summed E-state index contributed by atoms with van der Waals surface area (Å²) in [6, 6.07) is 0.684. The van der Waals surface area contributed by atoms with E-state index in [9.17, 15) is 14.4 Å². The molecule has 2 heterocycles. The lowest BCUT2D eigenvalue weighted by Crippen LogP contribution is -2.41. The summed E-state index contributed by atoms with van der Waals surface area (Å²) in [5.74, 6) is 0.0505. The average molecular weight is 350 g/mol. The molecule has 25 heavy (non-hydrogen) atoms. The molecule has 0 saturated heterocycles. The summed E-state index contributed by atoms with van der Waals surface area (Å²) in [5.41, 5.74) is -1.11. The summed E-state index contributed by atoms with van der Waals surface area (Å²) >= 11 is 0. The highest BCUT2D eigenvalue weighted by molar-refractivity contribution is 5.92.